The molecular weight excluding hydrogens is 218 g/mol. The molecule has 2 rings (SSSR count). The maximum atomic E-state index is 2.37. The number of hydrogen-bond acceptors (Lipinski definition) is 0. The minimum absolute atomic E-state index is 0.0655. The normalized spacial score (nSPS) is 21.2. The molecule has 0 spiro atoms. The van der Waals surface area contributed by atoms with Gasteiger partial charge >= 0.3 is 64.9 Å². The Morgan fingerprint density at radius 3 is 3.00 bits per heavy atom. The zero-order valence-corrected chi connectivity index (χ0v) is 7.81. The van der Waals surface area contributed by atoms with Gasteiger partial charge < -0.3 is 0 Å². The van der Waals surface area contributed by atoms with E-state index >= 15 is 0 Å². The molecule has 0 N–H and O–H groups in total. The summed E-state index contributed by atoms with van der Waals surface area (Å²) in [5.41, 5.74) is 3.00. The molecule has 0 saturated carbocycles. The van der Waals surface area contributed by atoms with Crippen molar-refractivity contribution < 1.29 is 0 Å². The molecule has 9 heavy (non-hydrogen) atoms. The first-order valence-electron chi connectivity index (χ1n) is 3.01. The monoisotopic (exact) mass is 224 g/mol. The number of rotatable bonds is 0. The van der Waals surface area contributed by atoms with E-state index in [1.54, 1.807) is 3.45 Å². The molecule has 0 unspecified atom stereocenters. The van der Waals surface area contributed by atoms with Gasteiger partial charge in [0, 0.05) is 0 Å². The van der Waals surface area contributed by atoms with Crippen LogP contribution in [0.4, 0.5) is 0 Å². The first kappa shape index (κ1) is 5.67. The first-order chi connectivity index (χ1) is 4.38. The standard InChI is InChI=1S/C8H7.Sb/c1-3-8-5-4-7(2)6-8;/h1,3-5H,2H3;. The van der Waals surface area contributed by atoms with Crippen LogP contribution in [0.2, 0.25) is 0 Å². The molecule has 1 heterocycles. The third kappa shape index (κ3) is 0.772. The molecule has 0 aromatic heterocycles. The van der Waals surface area contributed by atoms with Gasteiger partial charge in [-0.2, -0.15) is 0 Å². The summed E-state index contributed by atoms with van der Waals surface area (Å²) in [4.78, 5) is 0. The van der Waals surface area contributed by atoms with E-state index < -0.39 is 0 Å². The number of hydrogen-bond donors (Lipinski definition) is 0. The van der Waals surface area contributed by atoms with Gasteiger partial charge in [0.1, 0.15) is 0 Å². The van der Waals surface area contributed by atoms with E-state index in [2.05, 4.69) is 29.2 Å². The second-order valence-electron chi connectivity index (χ2n) is 2.27. The molecule has 0 fully saturated rings. The zero-order chi connectivity index (χ0) is 6.27. The van der Waals surface area contributed by atoms with E-state index in [1.165, 1.54) is 11.1 Å². The molecule has 0 atom stereocenters. The number of fused-ring (bicyclic) bond motifs is 1. The molecule has 2 aliphatic rings. The van der Waals surface area contributed by atoms with Gasteiger partial charge in [-0.25, -0.2) is 0 Å². The van der Waals surface area contributed by atoms with E-state index in [9.17, 15) is 0 Å². The van der Waals surface area contributed by atoms with Crippen LogP contribution in [-0.4, -0.2) is 24.6 Å². The minimum atomic E-state index is -0.0655. The zero-order valence-electron chi connectivity index (χ0n) is 5.26. The first-order valence-corrected chi connectivity index (χ1v) is 5.76. The Morgan fingerprint density at radius 2 is 2.22 bits per heavy atom. The SMILES string of the molecule is CC1=CC=C2C=[CH][Sb]=[C]12. The molecule has 0 saturated heterocycles. The third-order valence-corrected chi connectivity index (χ3v) is 4.95. The van der Waals surface area contributed by atoms with Crippen LogP contribution >= 0.6 is 0 Å². The van der Waals surface area contributed by atoms with Gasteiger partial charge in [0.15, 0.2) is 0 Å². The van der Waals surface area contributed by atoms with Gasteiger partial charge in [0.25, 0.3) is 0 Å². The Labute approximate surface area is 65.0 Å². The van der Waals surface area contributed by atoms with E-state index in [0.29, 0.717) is 0 Å². The molecule has 0 amide bonds. The molecule has 0 aromatic rings. The Morgan fingerprint density at radius 1 is 1.33 bits per heavy atom. The van der Waals surface area contributed by atoms with E-state index in [0.717, 1.165) is 0 Å². The van der Waals surface area contributed by atoms with Crippen molar-refractivity contribution in [2.45, 2.75) is 6.92 Å². The Bertz CT molecular complexity index is 264. The summed E-state index contributed by atoms with van der Waals surface area (Å²) < 4.78 is 4.04. The van der Waals surface area contributed by atoms with Crippen molar-refractivity contribution in [3.8, 4) is 0 Å². The second-order valence-corrected chi connectivity index (χ2v) is 5.13. The van der Waals surface area contributed by atoms with Crippen molar-refractivity contribution in [1.82, 2.24) is 0 Å². The van der Waals surface area contributed by atoms with E-state index in [1.807, 2.05) is 0 Å². The van der Waals surface area contributed by atoms with Gasteiger partial charge in [0.05, 0.1) is 0 Å². The average molecular weight is 225 g/mol. The van der Waals surface area contributed by atoms with Gasteiger partial charge in [-0.15, -0.1) is 0 Å². The fourth-order valence-corrected chi connectivity index (χ4v) is 3.84. The molecule has 1 heteroatoms. The van der Waals surface area contributed by atoms with Gasteiger partial charge in [-0.3, -0.25) is 0 Å². The van der Waals surface area contributed by atoms with Crippen LogP contribution in [0.3, 0.4) is 0 Å². The molecule has 1 aliphatic heterocycles. The molecule has 0 radical (unpaired) electrons. The Balaban J connectivity index is 2.53. The summed E-state index contributed by atoms with van der Waals surface area (Å²) in [5, 5.41) is 0. The van der Waals surface area contributed by atoms with Gasteiger partial charge in [-0.05, 0) is 0 Å². The fraction of sp³-hybridized carbons (Fsp3) is 0.125. The van der Waals surface area contributed by atoms with Crippen LogP contribution in [0.15, 0.2) is 33.4 Å². The van der Waals surface area contributed by atoms with Crippen molar-refractivity contribution in [1.29, 1.82) is 0 Å². The summed E-state index contributed by atoms with van der Waals surface area (Å²) in [7, 11) is 0. The number of allylic oxidation sites excluding steroid dienone is 5. The molecular formula is C8H7Sb. The van der Waals surface area contributed by atoms with Crippen molar-refractivity contribution in [3.63, 3.8) is 0 Å². The molecule has 0 bridgehead atoms. The van der Waals surface area contributed by atoms with Crippen molar-refractivity contribution >= 4 is 24.6 Å². The van der Waals surface area contributed by atoms with Crippen LogP contribution < -0.4 is 0 Å². The van der Waals surface area contributed by atoms with E-state index in [-0.39, 0.29) is 21.1 Å². The predicted octanol–water partition coefficient (Wildman–Crippen LogP) is 1.28. The van der Waals surface area contributed by atoms with Crippen molar-refractivity contribution in [2.75, 3.05) is 0 Å². The topological polar surface area (TPSA) is 0 Å². The Hall–Kier alpha value is -0.0918. The van der Waals surface area contributed by atoms with Crippen molar-refractivity contribution in [2.24, 2.45) is 0 Å². The van der Waals surface area contributed by atoms with Crippen LogP contribution in [0, 0.1) is 0 Å². The summed E-state index contributed by atoms with van der Waals surface area (Å²) in [6.07, 6.45) is 6.72. The molecule has 1 aliphatic carbocycles. The van der Waals surface area contributed by atoms with Crippen LogP contribution in [-0.2, 0) is 0 Å². The molecule has 0 aromatic carbocycles. The van der Waals surface area contributed by atoms with Gasteiger partial charge in [-0.1, -0.05) is 0 Å². The predicted molar refractivity (Wildman–Crippen MR) is 41.7 cm³/mol. The summed E-state index contributed by atoms with van der Waals surface area (Å²) in [6, 6.07) is 0. The van der Waals surface area contributed by atoms with Crippen LogP contribution in [0.25, 0.3) is 0 Å². The van der Waals surface area contributed by atoms with Crippen LogP contribution in [0.5, 0.6) is 0 Å². The molecule has 44 valence electrons. The average Bonchev–Trinajstić information content (AvgIpc) is 2.35. The van der Waals surface area contributed by atoms with Crippen LogP contribution in [0.1, 0.15) is 6.92 Å². The quantitative estimate of drug-likeness (QED) is 0.544. The molecule has 0 nitrogen and oxygen atoms in total. The maximum absolute atomic E-state index is 2.37. The van der Waals surface area contributed by atoms with E-state index in [4.69, 9.17) is 0 Å². The fourth-order valence-electron chi connectivity index (χ4n) is 1.10. The summed E-state index contributed by atoms with van der Waals surface area (Å²) in [6.45, 7) is 2.21. The van der Waals surface area contributed by atoms with Gasteiger partial charge in [0.2, 0.25) is 0 Å². The summed E-state index contributed by atoms with van der Waals surface area (Å²) in [5.74, 6) is 0. The Kier molecular flexibility index (Phi) is 1.23. The van der Waals surface area contributed by atoms with Crippen molar-refractivity contribution in [3.05, 3.63) is 33.4 Å². The third-order valence-electron chi connectivity index (χ3n) is 1.62. The second kappa shape index (κ2) is 1.95. The summed E-state index contributed by atoms with van der Waals surface area (Å²) >= 11 is -0.0655.